The van der Waals surface area contributed by atoms with Crippen LogP contribution in [-0.2, 0) is 15.6 Å². The van der Waals surface area contributed by atoms with Crippen molar-refractivity contribution in [1.29, 1.82) is 0 Å². The van der Waals surface area contributed by atoms with Crippen LogP contribution < -0.4 is 0 Å². The molecular weight excluding hydrogens is 297 g/mol. The molecule has 0 N–H and O–H groups in total. The number of rotatable bonds is 3. The Hall–Kier alpha value is -1.11. The third kappa shape index (κ3) is 2.50. The number of benzene rings is 1. The quantitative estimate of drug-likeness (QED) is 0.817. The van der Waals surface area contributed by atoms with Crippen molar-refractivity contribution < 1.29 is 8.42 Å². The summed E-state index contributed by atoms with van der Waals surface area (Å²) >= 11 is 5.89. The Morgan fingerprint density at radius 2 is 2.06 bits per heavy atom. The van der Waals surface area contributed by atoms with Gasteiger partial charge in [-0.2, -0.15) is 0 Å². The highest BCUT2D eigenvalue weighted by molar-refractivity contribution is 8.13. The second-order valence-electron chi connectivity index (χ2n) is 3.50. The van der Waals surface area contributed by atoms with Gasteiger partial charge in [0.25, 0.3) is 14.2 Å². The van der Waals surface area contributed by atoms with Crippen molar-refractivity contribution in [2.75, 3.05) is 0 Å². The zero-order valence-electron chi connectivity index (χ0n) is 9.34. The van der Waals surface area contributed by atoms with Crippen LogP contribution in [0.15, 0.2) is 29.4 Å². The second kappa shape index (κ2) is 4.87. The summed E-state index contributed by atoms with van der Waals surface area (Å²) in [5.74, 6) is 0.416. The van der Waals surface area contributed by atoms with Crippen molar-refractivity contribution in [3.8, 4) is 11.4 Å². The highest BCUT2D eigenvalue weighted by Gasteiger charge is 2.22. The number of aromatic nitrogens is 3. The first-order chi connectivity index (χ1) is 8.43. The average Bonchev–Trinajstić information content (AvgIpc) is 2.72. The second-order valence-corrected chi connectivity index (χ2v) is 6.39. The minimum Gasteiger partial charge on any atom is -0.297 e. The minimum atomic E-state index is -3.91. The molecule has 0 spiro atoms. The van der Waals surface area contributed by atoms with Crippen LogP contribution in [0.25, 0.3) is 11.4 Å². The summed E-state index contributed by atoms with van der Waals surface area (Å²) in [6, 6.07) is 6.92. The van der Waals surface area contributed by atoms with Gasteiger partial charge < -0.3 is 0 Å². The van der Waals surface area contributed by atoms with E-state index in [1.807, 2.05) is 0 Å². The Morgan fingerprint density at radius 1 is 1.33 bits per heavy atom. The fourth-order valence-corrected chi connectivity index (χ4v) is 2.75. The molecule has 0 atom stereocenters. The summed E-state index contributed by atoms with van der Waals surface area (Å²) < 4.78 is 24.1. The van der Waals surface area contributed by atoms with Crippen LogP contribution in [0.3, 0.4) is 0 Å². The number of nitrogens with zero attached hydrogens (tertiary/aromatic N) is 3. The Morgan fingerprint density at radius 3 is 2.61 bits per heavy atom. The van der Waals surface area contributed by atoms with Gasteiger partial charge in [-0.25, -0.2) is 8.42 Å². The van der Waals surface area contributed by atoms with E-state index in [0.29, 0.717) is 23.0 Å². The van der Waals surface area contributed by atoms with Crippen LogP contribution in [-0.4, -0.2) is 23.2 Å². The van der Waals surface area contributed by atoms with Crippen molar-refractivity contribution in [3.05, 3.63) is 29.3 Å². The molecule has 18 heavy (non-hydrogen) atoms. The molecule has 8 heteroatoms. The van der Waals surface area contributed by atoms with E-state index in [1.54, 1.807) is 31.2 Å². The summed E-state index contributed by atoms with van der Waals surface area (Å²) in [6.07, 6.45) is 0. The molecule has 2 aromatic rings. The molecule has 0 saturated carbocycles. The van der Waals surface area contributed by atoms with Crippen LogP contribution in [0.5, 0.6) is 0 Å². The van der Waals surface area contributed by atoms with Crippen LogP contribution >= 0.6 is 22.3 Å². The maximum atomic E-state index is 11.3. The lowest BCUT2D eigenvalue weighted by Gasteiger charge is -2.05. The Kier molecular flexibility index (Phi) is 3.61. The number of hydrogen-bond acceptors (Lipinski definition) is 4. The standard InChI is InChI=1S/C10H9Cl2N3O2S/c1-2-15-9(7-4-3-5-8(11)6-7)13-14-10(15)18(12,16)17/h3-6H,2H2,1H3. The normalized spacial score (nSPS) is 11.7. The zero-order valence-corrected chi connectivity index (χ0v) is 11.7. The molecule has 1 heterocycles. The monoisotopic (exact) mass is 305 g/mol. The van der Waals surface area contributed by atoms with Gasteiger partial charge in [-0.3, -0.25) is 4.57 Å². The van der Waals surface area contributed by atoms with Gasteiger partial charge in [-0.15, -0.1) is 10.2 Å². The molecule has 0 bridgehead atoms. The van der Waals surface area contributed by atoms with E-state index >= 15 is 0 Å². The summed E-state index contributed by atoms with van der Waals surface area (Å²) in [5.41, 5.74) is 0.684. The van der Waals surface area contributed by atoms with E-state index < -0.39 is 9.05 Å². The SMILES string of the molecule is CCn1c(-c2cccc(Cl)c2)nnc1S(=O)(=O)Cl. The minimum absolute atomic E-state index is 0.262. The number of halogens is 2. The van der Waals surface area contributed by atoms with Gasteiger partial charge in [-0.1, -0.05) is 23.7 Å². The molecule has 5 nitrogen and oxygen atoms in total. The van der Waals surface area contributed by atoms with Crippen molar-refractivity contribution >= 4 is 31.3 Å². The predicted octanol–water partition coefficient (Wildman–Crippen LogP) is 2.55. The Bertz CT molecular complexity index is 682. The topological polar surface area (TPSA) is 64.8 Å². The first kappa shape index (κ1) is 13.3. The predicted molar refractivity (Wildman–Crippen MR) is 69.2 cm³/mol. The van der Waals surface area contributed by atoms with E-state index in [-0.39, 0.29) is 5.16 Å². The van der Waals surface area contributed by atoms with E-state index in [0.717, 1.165) is 0 Å². The summed E-state index contributed by atoms with van der Waals surface area (Å²) in [6.45, 7) is 2.17. The Balaban J connectivity index is 2.63. The molecule has 0 aliphatic carbocycles. The molecule has 0 aliphatic rings. The molecule has 1 aromatic carbocycles. The van der Waals surface area contributed by atoms with Gasteiger partial charge >= 0.3 is 0 Å². The Labute approximate surface area is 114 Å². The maximum Gasteiger partial charge on any atom is 0.296 e. The fraction of sp³-hybridized carbons (Fsp3) is 0.200. The average molecular weight is 306 g/mol. The molecule has 0 saturated heterocycles. The van der Waals surface area contributed by atoms with Crippen molar-refractivity contribution in [2.24, 2.45) is 0 Å². The van der Waals surface area contributed by atoms with Crippen LogP contribution in [0, 0.1) is 0 Å². The third-order valence-electron chi connectivity index (χ3n) is 2.33. The van der Waals surface area contributed by atoms with Crippen molar-refractivity contribution in [2.45, 2.75) is 18.6 Å². The molecule has 0 aliphatic heterocycles. The molecular formula is C10H9Cl2N3O2S. The van der Waals surface area contributed by atoms with Gasteiger partial charge in [0.15, 0.2) is 5.82 Å². The summed E-state index contributed by atoms with van der Waals surface area (Å²) in [7, 11) is 1.38. The lowest BCUT2D eigenvalue weighted by molar-refractivity contribution is 0.583. The first-order valence-electron chi connectivity index (χ1n) is 5.07. The van der Waals surface area contributed by atoms with Crippen LogP contribution in [0.4, 0.5) is 0 Å². The van der Waals surface area contributed by atoms with Crippen LogP contribution in [0.1, 0.15) is 6.92 Å². The van der Waals surface area contributed by atoms with Gasteiger partial charge in [0.1, 0.15) is 0 Å². The van der Waals surface area contributed by atoms with Gasteiger partial charge in [0.2, 0.25) is 0 Å². The van der Waals surface area contributed by atoms with E-state index in [4.69, 9.17) is 22.3 Å². The zero-order chi connectivity index (χ0) is 13.3. The van der Waals surface area contributed by atoms with Gasteiger partial charge in [-0.05, 0) is 19.1 Å². The van der Waals surface area contributed by atoms with E-state index in [9.17, 15) is 8.42 Å². The highest BCUT2D eigenvalue weighted by Crippen LogP contribution is 2.24. The molecule has 0 radical (unpaired) electrons. The summed E-state index contributed by atoms with van der Waals surface area (Å²) in [5, 5.41) is 7.74. The largest absolute Gasteiger partial charge is 0.297 e. The van der Waals surface area contributed by atoms with Gasteiger partial charge in [0, 0.05) is 27.8 Å². The van der Waals surface area contributed by atoms with E-state index in [2.05, 4.69) is 10.2 Å². The van der Waals surface area contributed by atoms with E-state index in [1.165, 1.54) is 4.57 Å². The lowest BCUT2D eigenvalue weighted by Crippen LogP contribution is -2.06. The lowest BCUT2D eigenvalue weighted by atomic mass is 10.2. The van der Waals surface area contributed by atoms with Crippen molar-refractivity contribution in [3.63, 3.8) is 0 Å². The molecule has 2 rings (SSSR count). The smallest absolute Gasteiger partial charge is 0.296 e. The highest BCUT2D eigenvalue weighted by atomic mass is 35.7. The molecule has 96 valence electrons. The molecule has 0 amide bonds. The molecule has 0 fully saturated rings. The maximum absolute atomic E-state index is 11.3. The summed E-state index contributed by atoms with van der Waals surface area (Å²) in [4.78, 5) is 0. The molecule has 0 unspecified atom stereocenters. The fourth-order valence-electron chi connectivity index (χ4n) is 1.60. The third-order valence-corrected chi connectivity index (χ3v) is 3.72. The molecule has 1 aromatic heterocycles. The van der Waals surface area contributed by atoms with Crippen molar-refractivity contribution in [1.82, 2.24) is 14.8 Å². The first-order valence-corrected chi connectivity index (χ1v) is 7.76. The number of hydrogen-bond donors (Lipinski definition) is 0. The van der Waals surface area contributed by atoms with Crippen LogP contribution in [0.2, 0.25) is 5.02 Å². The van der Waals surface area contributed by atoms with Gasteiger partial charge in [0.05, 0.1) is 0 Å².